The van der Waals surface area contributed by atoms with E-state index in [2.05, 4.69) is 10.1 Å². The number of benzene rings is 1. The van der Waals surface area contributed by atoms with E-state index < -0.39 is 0 Å². The van der Waals surface area contributed by atoms with Crippen molar-refractivity contribution < 1.29 is 4.74 Å². The molecule has 0 aliphatic heterocycles. The van der Waals surface area contributed by atoms with Gasteiger partial charge in [0, 0.05) is 11.6 Å². The number of nitrogens with zero attached hydrogens (tertiary/aromatic N) is 3. The number of halogens is 1. The lowest BCUT2D eigenvalue weighted by Gasteiger charge is -2.06. The Morgan fingerprint density at radius 1 is 1.31 bits per heavy atom. The van der Waals surface area contributed by atoms with Crippen LogP contribution in [0.4, 0.5) is 0 Å². The van der Waals surface area contributed by atoms with Crippen LogP contribution < -0.4 is 4.74 Å². The lowest BCUT2D eigenvalue weighted by atomic mass is 10.3. The number of ether oxygens (including phenoxy) is 1. The molecule has 1 heterocycles. The smallest absolute Gasteiger partial charge is 0.164 e. The molecule has 0 amide bonds. The van der Waals surface area contributed by atoms with Gasteiger partial charge in [-0.15, -0.1) is 0 Å². The van der Waals surface area contributed by atoms with Crippen LogP contribution in [0.2, 0.25) is 5.02 Å². The predicted molar refractivity (Wildman–Crippen MR) is 61.5 cm³/mol. The van der Waals surface area contributed by atoms with Gasteiger partial charge in [0.25, 0.3) is 0 Å². The fourth-order valence-electron chi connectivity index (χ4n) is 1.34. The van der Waals surface area contributed by atoms with Gasteiger partial charge >= 0.3 is 0 Å². The SMILES string of the molecule is CCn1ncnc1COc1ccc(Cl)cc1. The van der Waals surface area contributed by atoms with Gasteiger partial charge in [-0.3, -0.25) is 0 Å². The molecule has 2 rings (SSSR count). The Hall–Kier alpha value is -1.55. The van der Waals surface area contributed by atoms with Gasteiger partial charge in [0.2, 0.25) is 0 Å². The molecular formula is C11H12ClN3O. The van der Waals surface area contributed by atoms with E-state index in [0.717, 1.165) is 18.1 Å². The van der Waals surface area contributed by atoms with Gasteiger partial charge < -0.3 is 4.74 Å². The van der Waals surface area contributed by atoms with E-state index in [1.807, 2.05) is 19.1 Å². The van der Waals surface area contributed by atoms with Gasteiger partial charge in [0.15, 0.2) is 5.82 Å². The van der Waals surface area contributed by atoms with Crippen LogP contribution in [0.25, 0.3) is 0 Å². The van der Waals surface area contributed by atoms with Crippen molar-refractivity contribution >= 4 is 11.6 Å². The Morgan fingerprint density at radius 2 is 2.06 bits per heavy atom. The largest absolute Gasteiger partial charge is 0.486 e. The predicted octanol–water partition coefficient (Wildman–Crippen LogP) is 2.53. The maximum Gasteiger partial charge on any atom is 0.164 e. The fraction of sp³-hybridized carbons (Fsp3) is 0.273. The summed E-state index contributed by atoms with van der Waals surface area (Å²) in [6.45, 7) is 3.22. The van der Waals surface area contributed by atoms with Crippen molar-refractivity contribution in [2.75, 3.05) is 0 Å². The highest BCUT2D eigenvalue weighted by atomic mass is 35.5. The van der Waals surface area contributed by atoms with Crippen molar-refractivity contribution in [3.8, 4) is 5.75 Å². The Kier molecular flexibility index (Phi) is 3.41. The molecule has 0 aliphatic rings. The standard InChI is InChI=1S/C11H12ClN3O/c1-2-15-11(13-8-14-15)7-16-10-5-3-9(12)4-6-10/h3-6,8H,2,7H2,1H3. The topological polar surface area (TPSA) is 39.9 Å². The molecule has 84 valence electrons. The maximum atomic E-state index is 5.78. The van der Waals surface area contributed by atoms with Gasteiger partial charge in [-0.05, 0) is 31.2 Å². The fourth-order valence-corrected chi connectivity index (χ4v) is 1.47. The average Bonchev–Trinajstić information content (AvgIpc) is 2.76. The molecule has 0 aliphatic carbocycles. The minimum Gasteiger partial charge on any atom is -0.486 e. The van der Waals surface area contributed by atoms with Crippen LogP contribution in [-0.4, -0.2) is 14.8 Å². The Morgan fingerprint density at radius 3 is 2.75 bits per heavy atom. The van der Waals surface area contributed by atoms with Gasteiger partial charge in [0.05, 0.1) is 0 Å². The molecule has 0 fully saturated rings. The quantitative estimate of drug-likeness (QED) is 0.821. The third-order valence-electron chi connectivity index (χ3n) is 2.18. The molecule has 1 aromatic heterocycles. The van der Waals surface area contributed by atoms with Crippen molar-refractivity contribution in [1.82, 2.24) is 14.8 Å². The summed E-state index contributed by atoms with van der Waals surface area (Å²) >= 11 is 5.78. The minimum atomic E-state index is 0.412. The number of aromatic nitrogens is 3. The van der Waals surface area contributed by atoms with Gasteiger partial charge in [-0.2, -0.15) is 5.10 Å². The molecule has 16 heavy (non-hydrogen) atoms. The van der Waals surface area contributed by atoms with Crippen LogP contribution in [0.1, 0.15) is 12.7 Å². The summed E-state index contributed by atoms with van der Waals surface area (Å²) in [7, 11) is 0. The zero-order valence-corrected chi connectivity index (χ0v) is 9.68. The van der Waals surface area contributed by atoms with Crippen molar-refractivity contribution in [3.63, 3.8) is 0 Å². The van der Waals surface area contributed by atoms with Gasteiger partial charge in [0.1, 0.15) is 18.7 Å². The van der Waals surface area contributed by atoms with E-state index in [1.54, 1.807) is 16.8 Å². The van der Waals surface area contributed by atoms with Crippen molar-refractivity contribution in [3.05, 3.63) is 41.4 Å². The lowest BCUT2D eigenvalue weighted by molar-refractivity contribution is 0.287. The first kappa shape index (κ1) is 11.0. The highest BCUT2D eigenvalue weighted by Gasteiger charge is 2.03. The summed E-state index contributed by atoms with van der Waals surface area (Å²) in [5.74, 6) is 1.59. The Bertz CT molecular complexity index is 453. The van der Waals surface area contributed by atoms with E-state index in [0.29, 0.717) is 11.6 Å². The summed E-state index contributed by atoms with van der Waals surface area (Å²) < 4.78 is 7.37. The number of rotatable bonds is 4. The van der Waals surface area contributed by atoms with E-state index in [1.165, 1.54) is 6.33 Å². The summed E-state index contributed by atoms with van der Waals surface area (Å²) in [5, 5.41) is 4.76. The summed E-state index contributed by atoms with van der Waals surface area (Å²) in [6.07, 6.45) is 1.53. The maximum absolute atomic E-state index is 5.78. The van der Waals surface area contributed by atoms with Gasteiger partial charge in [-0.25, -0.2) is 9.67 Å². The van der Waals surface area contributed by atoms with Crippen LogP contribution in [0, 0.1) is 0 Å². The molecule has 5 heteroatoms. The summed E-state index contributed by atoms with van der Waals surface area (Å²) in [6, 6.07) is 7.24. The molecule has 0 saturated heterocycles. The molecule has 1 aromatic carbocycles. The van der Waals surface area contributed by atoms with Crippen LogP contribution >= 0.6 is 11.6 Å². The third kappa shape index (κ3) is 2.52. The molecule has 2 aromatic rings. The lowest BCUT2D eigenvalue weighted by Crippen LogP contribution is -2.07. The summed E-state index contributed by atoms with van der Waals surface area (Å²) in [5.41, 5.74) is 0. The molecule has 0 bridgehead atoms. The molecule has 0 atom stereocenters. The van der Waals surface area contributed by atoms with Crippen LogP contribution in [0.5, 0.6) is 5.75 Å². The van der Waals surface area contributed by atoms with Crippen molar-refractivity contribution in [1.29, 1.82) is 0 Å². The number of aryl methyl sites for hydroxylation is 1. The minimum absolute atomic E-state index is 0.412. The second-order valence-corrected chi connectivity index (χ2v) is 3.67. The van der Waals surface area contributed by atoms with Crippen molar-refractivity contribution in [2.24, 2.45) is 0 Å². The molecule has 0 unspecified atom stereocenters. The highest BCUT2D eigenvalue weighted by molar-refractivity contribution is 6.30. The zero-order chi connectivity index (χ0) is 11.4. The molecule has 0 N–H and O–H groups in total. The van der Waals surface area contributed by atoms with Crippen LogP contribution in [0.15, 0.2) is 30.6 Å². The average molecular weight is 238 g/mol. The number of hydrogen-bond donors (Lipinski definition) is 0. The molecule has 4 nitrogen and oxygen atoms in total. The first-order valence-corrected chi connectivity index (χ1v) is 5.42. The van der Waals surface area contributed by atoms with E-state index >= 15 is 0 Å². The molecule has 0 radical (unpaired) electrons. The van der Waals surface area contributed by atoms with E-state index in [-0.39, 0.29) is 0 Å². The Balaban J connectivity index is 1.99. The molecule has 0 saturated carbocycles. The first-order chi connectivity index (χ1) is 7.79. The van der Waals surface area contributed by atoms with Crippen LogP contribution in [-0.2, 0) is 13.2 Å². The van der Waals surface area contributed by atoms with E-state index in [9.17, 15) is 0 Å². The molecular weight excluding hydrogens is 226 g/mol. The monoisotopic (exact) mass is 237 g/mol. The Labute approximate surface area is 98.8 Å². The normalized spacial score (nSPS) is 10.4. The van der Waals surface area contributed by atoms with Gasteiger partial charge in [-0.1, -0.05) is 11.6 Å². The zero-order valence-electron chi connectivity index (χ0n) is 8.93. The van der Waals surface area contributed by atoms with Crippen molar-refractivity contribution in [2.45, 2.75) is 20.1 Å². The number of hydrogen-bond acceptors (Lipinski definition) is 3. The highest BCUT2D eigenvalue weighted by Crippen LogP contribution is 2.16. The second kappa shape index (κ2) is 4.99. The summed E-state index contributed by atoms with van der Waals surface area (Å²) in [4.78, 5) is 4.12. The third-order valence-corrected chi connectivity index (χ3v) is 2.43. The molecule has 0 spiro atoms. The van der Waals surface area contributed by atoms with E-state index in [4.69, 9.17) is 16.3 Å². The van der Waals surface area contributed by atoms with Crippen LogP contribution in [0.3, 0.4) is 0 Å². The second-order valence-electron chi connectivity index (χ2n) is 3.23. The first-order valence-electron chi connectivity index (χ1n) is 5.04.